The summed E-state index contributed by atoms with van der Waals surface area (Å²) in [5, 5.41) is 12.5. The van der Waals surface area contributed by atoms with Crippen LogP contribution in [0.25, 0.3) is 0 Å². The van der Waals surface area contributed by atoms with Crippen LogP contribution in [0.5, 0.6) is 5.75 Å². The van der Waals surface area contributed by atoms with Crippen LogP contribution in [-0.2, 0) is 4.79 Å². The molecule has 1 atom stereocenters. The van der Waals surface area contributed by atoms with Crippen molar-refractivity contribution < 1.29 is 14.6 Å². The second-order valence-electron chi connectivity index (χ2n) is 6.18. The molecule has 1 aromatic carbocycles. The van der Waals surface area contributed by atoms with Gasteiger partial charge in [-0.1, -0.05) is 0 Å². The Hall–Kier alpha value is -1.59. The fourth-order valence-corrected chi connectivity index (χ4v) is 2.94. The number of hydrogen-bond acceptors (Lipinski definition) is 4. The van der Waals surface area contributed by atoms with Crippen LogP contribution in [0.2, 0.25) is 0 Å². The number of anilines is 1. The minimum absolute atomic E-state index is 0.0341. The molecule has 128 valence electrons. The monoisotopic (exact) mass is 320 g/mol. The van der Waals surface area contributed by atoms with Crippen molar-refractivity contribution in [2.75, 3.05) is 31.6 Å². The number of carbonyl (C=O) groups is 1. The quantitative estimate of drug-likeness (QED) is 0.810. The van der Waals surface area contributed by atoms with E-state index in [0.29, 0.717) is 18.9 Å². The summed E-state index contributed by atoms with van der Waals surface area (Å²) in [7, 11) is 0. The van der Waals surface area contributed by atoms with Crippen LogP contribution < -0.4 is 10.1 Å². The molecule has 1 aliphatic heterocycles. The second-order valence-corrected chi connectivity index (χ2v) is 6.18. The van der Waals surface area contributed by atoms with Crippen molar-refractivity contribution in [3.63, 3.8) is 0 Å². The highest BCUT2D eigenvalue weighted by Crippen LogP contribution is 2.20. The van der Waals surface area contributed by atoms with E-state index in [1.165, 1.54) is 0 Å². The van der Waals surface area contributed by atoms with E-state index in [2.05, 4.69) is 10.2 Å². The lowest BCUT2D eigenvalue weighted by Gasteiger charge is -2.33. The Bertz CT molecular complexity index is 480. The van der Waals surface area contributed by atoms with Gasteiger partial charge in [0.15, 0.2) is 0 Å². The maximum absolute atomic E-state index is 12.0. The number of amides is 1. The highest BCUT2D eigenvalue weighted by Gasteiger charge is 2.22. The van der Waals surface area contributed by atoms with Gasteiger partial charge in [0.1, 0.15) is 5.75 Å². The lowest BCUT2D eigenvalue weighted by Crippen LogP contribution is -2.38. The maximum Gasteiger partial charge on any atom is 0.225 e. The van der Waals surface area contributed by atoms with Crippen LogP contribution in [0.4, 0.5) is 5.69 Å². The number of piperidine rings is 1. The van der Waals surface area contributed by atoms with Crippen molar-refractivity contribution in [3.8, 4) is 5.75 Å². The minimum Gasteiger partial charge on any atom is -0.494 e. The summed E-state index contributed by atoms with van der Waals surface area (Å²) in [6, 6.07) is 7.44. The molecular formula is C18H28N2O3. The molecule has 1 aromatic rings. The molecule has 0 bridgehead atoms. The first-order valence-corrected chi connectivity index (χ1v) is 8.51. The minimum atomic E-state index is -0.222. The maximum atomic E-state index is 12.0. The van der Waals surface area contributed by atoms with Gasteiger partial charge < -0.3 is 20.1 Å². The van der Waals surface area contributed by atoms with Crippen LogP contribution in [0, 0.1) is 5.92 Å². The number of nitrogens with one attached hydrogen (secondary N) is 1. The van der Waals surface area contributed by atoms with Gasteiger partial charge >= 0.3 is 0 Å². The average molecular weight is 320 g/mol. The predicted molar refractivity (Wildman–Crippen MR) is 91.7 cm³/mol. The summed E-state index contributed by atoms with van der Waals surface area (Å²) in [4.78, 5) is 14.3. The smallest absolute Gasteiger partial charge is 0.225 e. The Kier molecular flexibility index (Phi) is 6.86. The van der Waals surface area contributed by atoms with Crippen LogP contribution >= 0.6 is 0 Å². The SMILES string of the molecule is CCOc1ccc(NC(=O)CCN2CCC(C(C)O)CC2)cc1. The molecule has 1 heterocycles. The summed E-state index contributed by atoms with van der Waals surface area (Å²) >= 11 is 0. The van der Waals surface area contributed by atoms with Gasteiger partial charge in [0, 0.05) is 18.7 Å². The predicted octanol–water partition coefficient (Wildman–Crippen LogP) is 2.51. The number of aliphatic hydroxyl groups excluding tert-OH is 1. The van der Waals surface area contributed by atoms with Crippen LogP contribution in [0.15, 0.2) is 24.3 Å². The van der Waals surface area contributed by atoms with Crippen molar-refractivity contribution in [1.82, 2.24) is 4.90 Å². The van der Waals surface area contributed by atoms with Gasteiger partial charge in [-0.3, -0.25) is 4.79 Å². The Morgan fingerprint density at radius 3 is 2.57 bits per heavy atom. The van der Waals surface area contributed by atoms with Crippen molar-refractivity contribution in [2.45, 2.75) is 39.2 Å². The van der Waals surface area contributed by atoms with E-state index in [-0.39, 0.29) is 12.0 Å². The zero-order valence-corrected chi connectivity index (χ0v) is 14.1. The lowest BCUT2D eigenvalue weighted by molar-refractivity contribution is -0.116. The van der Waals surface area contributed by atoms with E-state index >= 15 is 0 Å². The molecule has 2 rings (SSSR count). The largest absolute Gasteiger partial charge is 0.494 e. The van der Waals surface area contributed by atoms with Crippen LogP contribution in [0.3, 0.4) is 0 Å². The van der Waals surface area contributed by atoms with Crippen molar-refractivity contribution in [2.24, 2.45) is 5.92 Å². The number of aliphatic hydroxyl groups is 1. The van der Waals surface area contributed by atoms with E-state index < -0.39 is 0 Å². The zero-order valence-electron chi connectivity index (χ0n) is 14.1. The topological polar surface area (TPSA) is 61.8 Å². The summed E-state index contributed by atoms with van der Waals surface area (Å²) in [6.45, 7) is 7.15. The van der Waals surface area contributed by atoms with Gasteiger partial charge in [-0.2, -0.15) is 0 Å². The molecule has 0 radical (unpaired) electrons. The second kappa shape index (κ2) is 8.89. The van der Waals surface area contributed by atoms with Gasteiger partial charge in [0.25, 0.3) is 0 Å². The van der Waals surface area contributed by atoms with Crippen molar-refractivity contribution >= 4 is 11.6 Å². The number of carbonyl (C=O) groups excluding carboxylic acids is 1. The Labute approximate surface area is 138 Å². The fraction of sp³-hybridized carbons (Fsp3) is 0.611. The number of rotatable bonds is 7. The number of likely N-dealkylation sites (tertiary alicyclic amines) is 1. The third kappa shape index (κ3) is 5.84. The number of ether oxygens (including phenoxy) is 1. The molecule has 0 aromatic heterocycles. The van der Waals surface area contributed by atoms with Gasteiger partial charge in [-0.15, -0.1) is 0 Å². The normalized spacial score (nSPS) is 17.7. The van der Waals surface area contributed by atoms with Crippen LogP contribution in [-0.4, -0.2) is 48.3 Å². The van der Waals surface area contributed by atoms with Crippen molar-refractivity contribution in [3.05, 3.63) is 24.3 Å². The fourth-order valence-electron chi connectivity index (χ4n) is 2.94. The Morgan fingerprint density at radius 2 is 2.00 bits per heavy atom. The van der Waals surface area contributed by atoms with E-state index in [0.717, 1.165) is 43.9 Å². The molecule has 1 saturated heterocycles. The van der Waals surface area contributed by atoms with E-state index in [4.69, 9.17) is 4.74 Å². The van der Waals surface area contributed by atoms with Crippen LogP contribution in [0.1, 0.15) is 33.1 Å². The van der Waals surface area contributed by atoms with Gasteiger partial charge in [-0.05, 0) is 70.0 Å². The van der Waals surface area contributed by atoms with E-state index in [1.54, 1.807) is 0 Å². The zero-order chi connectivity index (χ0) is 16.7. The molecule has 0 spiro atoms. The first-order chi connectivity index (χ1) is 11.1. The molecule has 1 aliphatic rings. The third-order valence-corrected chi connectivity index (χ3v) is 4.42. The third-order valence-electron chi connectivity index (χ3n) is 4.42. The van der Waals surface area contributed by atoms with Gasteiger partial charge in [0.2, 0.25) is 5.91 Å². The summed E-state index contributed by atoms with van der Waals surface area (Å²) in [5.41, 5.74) is 0.797. The molecule has 2 N–H and O–H groups in total. The lowest BCUT2D eigenvalue weighted by atomic mass is 9.92. The van der Waals surface area contributed by atoms with Gasteiger partial charge in [0.05, 0.1) is 12.7 Å². The Balaban J connectivity index is 1.69. The summed E-state index contributed by atoms with van der Waals surface area (Å²) < 4.78 is 5.38. The molecule has 1 amide bonds. The molecule has 1 unspecified atom stereocenters. The standard InChI is InChI=1S/C18H28N2O3/c1-3-23-17-6-4-16(5-7-17)19-18(22)10-13-20-11-8-15(9-12-20)14(2)21/h4-7,14-15,21H,3,8-13H2,1-2H3,(H,19,22). The molecule has 5 nitrogen and oxygen atoms in total. The number of benzene rings is 1. The number of nitrogens with zero attached hydrogens (tertiary/aromatic N) is 1. The van der Waals surface area contributed by atoms with E-state index in [1.807, 2.05) is 38.1 Å². The van der Waals surface area contributed by atoms with Crippen molar-refractivity contribution in [1.29, 1.82) is 0 Å². The molecule has 5 heteroatoms. The highest BCUT2D eigenvalue weighted by molar-refractivity contribution is 5.90. The molecular weight excluding hydrogens is 292 g/mol. The first-order valence-electron chi connectivity index (χ1n) is 8.51. The molecule has 0 aliphatic carbocycles. The molecule has 1 fully saturated rings. The number of hydrogen-bond donors (Lipinski definition) is 2. The Morgan fingerprint density at radius 1 is 1.35 bits per heavy atom. The van der Waals surface area contributed by atoms with E-state index in [9.17, 15) is 9.90 Å². The first kappa shape index (κ1) is 17.8. The molecule has 0 saturated carbocycles. The van der Waals surface area contributed by atoms with Gasteiger partial charge in [-0.25, -0.2) is 0 Å². The highest BCUT2D eigenvalue weighted by atomic mass is 16.5. The molecule has 23 heavy (non-hydrogen) atoms. The summed E-state index contributed by atoms with van der Waals surface area (Å²) in [5.74, 6) is 1.25. The average Bonchev–Trinajstić information content (AvgIpc) is 2.55. The summed E-state index contributed by atoms with van der Waals surface area (Å²) in [6.07, 6.45) is 2.29.